The van der Waals surface area contributed by atoms with Crippen LogP contribution in [0, 0.1) is 5.92 Å². The molecule has 0 radical (unpaired) electrons. The summed E-state index contributed by atoms with van der Waals surface area (Å²) in [6, 6.07) is 1.63. The normalized spacial score (nSPS) is 45.2. The van der Waals surface area contributed by atoms with Crippen molar-refractivity contribution < 1.29 is 8.42 Å². The molecule has 0 spiro atoms. The van der Waals surface area contributed by atoms with Crippen molar-refractivity contribution in [2.45, 2.75) is 50.2 Å². The zero-order valence-corrected chi connectivity index (χ0v) is 11.0. The summed E-state index contributed by atoms with van der Waals surface area (Å²) in [6.45, 7) is 0.987. The Morgan fingerprint density at radius 2 is 1.76 bits per heavy atom. The van der Waals surface area contributed by atoms with Crippen molar-refractivity contribution in [2.75, 3.05) is 18.1 Å². The second-order valence-electron chi connectivity index (χ2n) is 6.08. The van der Waals surface area contributed by atoms with Gasteiger partial charge >= 0.3 is 0 Å². The molecule has 0 aliphatic carbocycles. The summed E-state index contributed by atoms with van der Waals surface area (Å²) in [5.41, 5.74) is 6.05. The van der Waals surface area contributed by atoms with Crippen molar-refractivity contribution in [2.24, 2.45) is 11.7 Å². The van der Waals surface area contributed by atoms with E-state index in [1.165, 1.54) is 12.8 Å². The van der Waals surface area contributed by atoms with Gasteiger partial charge in [-0.1, -0.05) is 0 Å². The molecule has 0 aromatic carbocycles. The van der Waals surface area contributed by atoms with E-state index in [1.807, 2.05) is 0 Å². The van der Waals surface area contributed by atoms with E-state index in [4.69, 9.17) is 5.73 Å². The van der Waals surface area contributed by atoms with E-state index in [2.05, 4.69) is 4.90 Å². The van der Waals surface area contributed by atoms with Crippen LogP contribution >= 0.6 is 0 Å². The van der Waals surface area contributed by atoms with Gasteiger partial charge in [0.15, 0.2) is 9.84 Å². The largest absolute Gasteiger partial charge is 0.328 e. The molecule has 2 N–H and O–H groups in total. The lowest BCUT2D eigenvalue weighted by atomic mass is 9.96. The van der Waals surface area contributed by atoms with Crippen LogP contribution in [0.1, 0.15) is 32.1 Å². The van der Waals surface area contributed by atoms with Gasteiger partial charge in [0.25, 0.3) is 0 Å². The Morgan fingerprint density at radius 3 is 2.29 bits per heavy atom. The van der Waals surface area contributed by atoms with Crippen LogP contribution in [0.15, 0.2) is 0 Å². The molecule has 3 aliphatic rings. The highest BCUT2D eigenvalue weighted by atomic mass is 32.2. The number of nitrogens with two attached hydrogens (primary N) is 1. The molecule has 2 bridgehead atoms. The van der Waals surface area contributed by atoms with Gasteiger partial charge < -0.3 is 5.73 Å². The monoisotopic (exact) mass is 258 g/mol. The summed E-state index contributed by atoms with van der Waals surface area (Å²) >= 11 is 0. The Kier molecular flexibility index (Phi) is 2.96. The van der Waals surface area contributed by atoms with Gasteiger partial charge in [-0.3, -0.25) is 4.90 Å². The summed E-state index contributed by atoms with van der Waals surface area (Å²) < 4.78 is 22.9. The third-order valence-corrected chi connectivity index (χ3v) is 6.55. The molecule has 98 valence electrons. The van der Waals surface area contributed by atoms with Gasteiger partial charge in [0.2, 0.25) is 0 Å². The van der Waals surface area contributed by atoms with Crippen molar-refractivity contribution in [1.82, 2.24) is 4.90 Å². The number of fused-ring (bicyclic) bond motifs is 2. The number of nitrogens with zero attached hydrogens (tertiary/aromatic N) is 1. The van der Waals surface area contributed by atoms with Gasteiger partial charge in [0.1, 0.15) is 0 Å². The second-order valence-corrected chi connectivity index (χ2v) is 8.31. The predicted molar refractivity (Wildman–Crippen MR) is 67.5 cm³/mol. The average Bonchev–Trinajstić information content (AvgIpc) is 2.68. The number of hydrogen-bond acceptors (Lipinski definition) is 4. The van der Waals surface area contributed by atoms with Crippen LogP contribution in [0.5, 0.6) is 0 Å². The first kappa shape index (κ1) is 11.9. The highest BCUT2D eigenvalue weighted by Gasteiger charge is 2.41. The van der Waals surface area contributed by atoms with Crippen LogP contribution in [0.3, 0.4) is 0 Å². The maximum absolute atomic E-state index is 11.5. The maximum atomic E-state index is 11.5. The molecule has 3 unspecified atom stereocenters. The fraction of sp³-hybridized carbons (Fsp3) is 1.00. The molecule has 4 nitrogen and oxygen atoms in total. The van der Waals surface area contributed by atoms with Gasteiger partial charge in [-0.05, 0) is 38.0 Å². The first-order valence-corrected chi connectivity index (χ1v) is 8.57. The lowest BCUT2D eigenvalue weighted by Crippen LogP contribution is -2.49. The van der Waals surface area contributed by atoms with Crippen LogP contribution in [0.25, 0.3) is 0 Å². The van der Waals surface area contributed by atoms with Gasteiger partial charge in [-0.2, -0.15) is 0 Å². The van der Waals surface area contributed by atoms with Crippen LogP contribution in [0.2, 0.25) is 0 Å². The molecule has 0 amide bonds. The van der Waals surface area contributed by atoms with Gasteiger partial charge in [0, 0.05) is 24.7 Å². The summed E-state index contributed by atoms with van der Waals surface area (Å²) in [4.78, 5) is 2.56. The van der Waals surface area contributed by atoms with Crippen LogP contribution < -0.4 is 5.73 Å². The van der Waals surface area contributed by atoms with E-state index >= 15 is 0 Å². The lowest BCUT2D eigenvalue weighted by molar-refractivity contribution is 0.111. The SMILES string of the molecule is NC1CC2CCC(C1)N2CC1CCS(=O)(=O)C1. The third-order valence-electron chi connectivity index (χ3n) is 4.72. The van der Waals surface area contributed by atoms with E-state index in [0.29, 0.717) is 35.5 Å². The van der Waals surface area contributed by atoms with E-state index in [-0.39, 0.29) is 0 Å². The third kappa shape index (κ3) is 2.37. The summed E-state index contributed by atoms with van der Waals surface area (Å²) in [7, 11) is -2.72. The van der Waals surface area contributed by atoms with Crippen LogP contribution in [-0.2, 0) is 9.84 Å². The standard InChI is InChI=1S/C12H22N2O2S/c13-10-5-11-1-2-12(6-10)14(11)7-9-3-4-17(15,16)8-9/h9-12H,1-8,13H2. The van der Waals surface area contributed by atoms with Gasteiger partial charge in [-0.25, -0.2) is 8.42 Å². The van der Waals surface area contributed by atoms with Crippen molar-refractivity contribution in [3.05, 3.63) is 0 Å². The quantitative estimate of drug-likeness (QED) is 0.777. The molecular formula is C12H22N2O2S. The van der Waals surface area contributed by atoms with Crippen molar-refractivity contribution in [3.8, 4) is 0 Å². The van der Waals surface area contributed by atoms with Crippen molar-refractivity contribution >= 4 is 9.84 Å². The van der Waals surface area contributed by atoms with Crippen molar-refractivity contribution in [3.63, 3.8) is 0 Å². The molecule has 0 aromatic rings. The molecule has 3 fully saturated rings. The highest BCUT2D eigenvalue weighted by Crippen LogP contribution is 2.36. The minimum Gasteiger partial charge on any atom is -0.328 e. The summed E-state index contributed by atoms with van der Waals surface area (Å²) in [5, 5.41) is 0. The fourth-order valence-electron chi connectivity index (χ4n) is 3.93. The number of piperidine rings is 1. The number of sulfone groups is 1. The molecule has 3 heterocycles. The Morgan fingerprint density at radius 1 is 1.12 bits per heavy atom. The molecule has 3 aliphatic heterocycles. The topological polar surface area (TPSA) is 63.4 Å². The smallest absolute Gasteiger partial charge is 0.150 e. The molecule has 3 saturated heterocycles. The fourth-order valence-corrected chi connectivity index (χ4v) is 5.78. The van der Waals surface area contributed by atoms with Crippen LogP contribution in [-0.4, -0.2) is 49.5 Å². The average molecular weight is 258 g/mol. The Hall–Kier alpha value is -0.130. The Balaban J connectivity index is 1.63. The first-order valence-electron chi connectivity index (χ1n) is 6.75. The Labute approximate surface area is 103 Å². The Bertz CT molecular complexity index is 381. The van der Waals surface area contributed by atoms with Gasteiger partial charge in [0.05, 0.1) is 11.5 Å². The van der Waals surface area contributed by atoms with E-state index < -0.39 is 9.84 Å². The first-order chi connectivity index (χ1) is 8.03. The van der Waals surface area contributed by atoms with Crippen molar-refractivity contribution in [1.29, 1.82) is 0 Å². The van der Waals surface area contributed by atoms with E-state index in [1.54, 1.807) is 0 Å². The van der Waals surface area contributed by atoms with E-state index in [0.717, 1.165) is 25.8 Å². The summed E-state index contributed by atoms with van der Waals surface area (Å²) in [5.74, 6) is 1.19. The van der Waals surface area contributed by atoms with Crippen LogP contribution in [0.4, 0.5) is 0 Å². The molecule has 3 rings (SSSR count). The lowest BCUT2D eigenvalue weighted by Gasteiger charge is -2.38. The van der Waals surface area contributed by atoms with Gasteiger partial charge in [-0.15, -0.1) is 0 Å². The molecular weight excluding hydrogens is 236 g/mol. The maximum Gasteiger partial charge on any atom is 0.150 e. The minimum absolute atomic E-state index is 0.371. The zero-order valence-electron chi connectivity index (χ0n) is 10.2. The molecule has 0 saturated carbocycles. The summed E-state index contributed by atoms with van der Waals surface area (Å²) in [6.07, 6.45) is 5.60. The zero-order chi connectivity index (χ0) is 12.0. The second kappa shape index (κ2) is 4.21. The number of rotatable bonds is 2. The molecule has 3 atom stereocenters. The van der Waals surface area contributed by atoms with E-state index in [9.17, 15) is 8.42 Å². The molecule has 5 heteroatoms. The molecule has 17 heavy (non-hydrogen) atoms. The highest BCUT2D eigenvalue weighted by molar-refractivity contribution is 7.91. The minimum atomic E-state index is -2.72. The number of hydrogen-bond donors (Lipinski definition) is 1. The molecule has 0 aromatic heterocycles. The predicted octanol–water partition coefficient (Wildman–Crippen LogP) is 0.375.